The number of fused-ring (bicyclic) bond motifs is 1. The number of ketones is 1. The highest BCUT2D eigenvalue weighted by molar-refractivity contribution is 6.04. The van der Waals surface area contributed by atoms with Crippen molar-refractivity contribution in [2.75, 3.05) is 0 Å². The largest absolute Gasteiger partial charge is 0.456 e. The Hall–Kier alpha value is -3.42. The molecule has 26 heavy (non-hydrogen) atoms. The van der Waals surface area contributed by atoms with Crippen LogP contribution in [0.1, 0.15) is 40.7 Å². The average Bonchev–Trinajstić information content (AvgIpc) is 3.26. The van der Waals surface area contributed by atoms with E-state index < -0.39 is 17.9 Å². The molecule has 0 aliphatic heterocycles. The van der Waals surface area contributed by atoms with E-state index in [0.717, 1.165) is 0 Å². The lowest BCUT2D eigenvalue weighted by molar-refractivity contribution is -0.119. The summed E-state index contributed by atoms with van der Waals surface area (Å²) in [6.07, 6.45) is -1.04. The SMILES string of the molecule is CC(=O)NCc1ccc(C(=O)[C@H](C)OC(=O)c2n[nH]c3ccccc23)o1. The molecule has 0 aliphatic rings. The number of ether oxygens (including phenoxy) is 1. The monoisotopic (exact) mass is 355 g/mol. The fraction of sp³-hybridized carbons (Fsp3) is 0.222. The number of carbonyl (C=O) groups excluding carboxylic acids is 3. The highest BCUT2D eigenvalue weighted by Gasteiger charge is 2.25. The van der Waals surface area contributed by atoms with E-state index in [2.05, 4.69) is 15.5 Å². The molecule has 134 valence electrons. The zero-order valence-electron chi connectivity index (χ0n) is 14.2. The lowest BCUT2D eigenvalue weighted by Gasteiger charge is -2.10. The Morgan fingerprint density at radius 3 is 2.77 bits per heavy atom. The highest BCUT2D eigenvalue weighted by Crippen LogP contribution is 2.18. The number of nitrogens with zero attached hydrogens (tertiary/aromatic N) is 1. The van der Waals surface area contributed by atoms with Crippen molar-refractivity contribution in [2.45, 2.75) is 26.5 Å². The summed E-state index contributed by atoms with van der Waals surface area (Å²) < 4.78 is 10.6. The van der Waals surface area contributed by atoms with Crippen LogP contribution in [-0.4, -0.2) is 34.0 Å². The van der Waals surface area contributed by atoms with Gasteiger partial charge in [-0.25, -0.2) is 4.79 Å². The van der Waals surface area contributed by atoms with Gasteiger partial charge in [-0.3, -0.25) is 14.7 Å². The van der Waals surface area contributed by atoms with E-state index in [1.165, 1.54) is 19.9 Å². The third-order valence-corrected chi connectivity index (χ3v) is 3.73. The highest BCUT2D eigenvalue weighted by atomic mass is 16.5. The molecule has 1 amide bonds. The van der Waals surface area contributed by atoms with Gasteiger partial charge in [0, 0.05) is 12.3 Å². The molecular formula is C18H17N3O5. The first-order valence-electron chi connectivity index (χ1n) is 7.97. The standard InChI is InChI=1S/C18H17N3O5/c1-10(17(23)15-8-7-12(26-15)9-19-11(2)22)25-18(24)16-13-5-3-4-6-14(13)20-21-16/h3-8,10H,9H2,1-2H3,(H,19,22)(H,20,21)/t10-/m0/s1. The topological polar surface area (TPSA) is 114 Å². The van der Waals surface area contributed by atoms with Gasteiger partial charge in [0.25, 0.3) is 0 Å². The average molecular weight is 355 g/mol. The van der Waals surface area contributed by atoms with Gasteiger partial charge >= 0.3 is 5.97 Å². The third kappa shape index (κ3) is 3.64. The zero-order chi connectivity index (χ0) is 18.7. The molecule has 1 atom stereocenters. The number of amides is 1. The summed E-state index contributed by atoms with van der Waals surface area (Å²) in [5.41, 5.74) is 0.818. The number of esters is 1. The first-order valence-corrected chi connectivity index (χ1v) is 7.97. The Balaban J connectivity index is 1.67. The molecule has 3 rings (SSSR count). The minimum Gasteiger partial charge on any atom is -0.456 e. The Morgan fingerprint density at radius 2 is 2.00 bits per heavy atom. The van der Waals surface area contributed by atoms with Crippen molar-refractivity contribution in [2.24, 2.45) is 0 Å². The van der Waals surface area contributed by atoms with Crippen LogP contribution >= 0.6 is 0 Å². The molecule has 0 radical (unpaired) electrons. The van der Waals surface area contributed by atoms with Crippen LogP contribution in [0.4, 0.5) is 0 Å². The number of furan rings is 1. The quantitative estimate of drug-likeness (QED) is 0.518. The molecule has 0 fully saturated rings. The smallest absolute Gasteiger partial charge is 0.360 e. The van der Waals surface area contributed by atoms with Crippen molar-refractivity contribution < 1.29 is 23.5 Å². The zero-order valence-corrected chi connectivity index (χ0v) is 14.2. The fourth-order valence-corrected chi connectivity index (χ4v) is 2.41. The van der Waals surface area contributed by atoms with E-state index in [9.17, 15) is 14.4 Å². The number of para-hydroxylation sites is 1. The van der Waals surface area contributed by atoms with Crippen LogP contribution in [0.15, 0.2) is 40.8 Å². The number of aromatic amines is 1. The van der Waals surface area contributed by atoms with Crippen LogP contribution in [0.2, 0.25) is 0 Å². The Labute approximate surface area is 148 Å². The molecule has 2 aromatic heterocycles. The van der Waals surface area contributed by atoms with Gasteiger partial charge < -0.3 is 14.5 Å². The lowest BCUT2D eigenvalue weighted by Crippen LogP contribution is -2.24. The van der Waals surface area contributed by atoms with E-state index in [1.54, 1.807) is 24.3 Å². The molecular weight excluding hydrogens is 338 g/mol. The number of H-pyrrole nitrogens is 1. The van der Waals surface area contributed by atoms with E-state index in [0.29, 0.717) is 16.7 Å². The fourth-order valence-electron chi connectivity index (χ4n) is 2.41. The van der Waals surface area contributed by atoms with Crippen LogP contribution in [0, 0.1) is 0 Å². The number of rotatable bonds is 6. The second-order valence-corrected chi connectivity index (χ2v) is 5.71. The Bertz CT molecular complexity index is 972. The number of Topliss-reactive ketones (excluding diaryl/α,β-unsaturated/α-hetero) is 1. The summed E-state index contributed by atoms with van der Waals surface area (Å²) in [7, 11) is 0. The Kier molecular flexibility index (Phi) is 4.83. The van der Waals surface area contributed by atoms with Gasteiger partial charge in [-0.2, -0.15) is 5.10 Å². The van der Waals surface area contributed by atoms with Crippen molar-refractivity contribution >= 4 is 28.6 Å². The minimum absolute atomic E-state index is 0.0533. The van der Waals surface area contributed by atoms with Crippen LogP contribution < -0.4 is 5.32 Å². The van der Waals surface area contributed by atoms with Gasteiger partial charge in [-0.15, -0.1) is 0 Å². The van der Waals surface area contributed by atoms with E-state index in [-0.39, 0.29) is 23.9 Å². The number of hydrogen-bond donors (Lipinski definition) is 2. The van der Waals surface area contributed by atoms with Gasteiger partial charge in [0.2, 0.25) is 11.7 Å². The molecule has 1 aromatic carbocycles. The number of carbonyl (C=O) groups is 3. The van der Waals surface area contributed by atoms with Gasteiger partial charge in [-0.05, 0) is 25.1 Å². The maximum Gasteiger partial charge on any atom is 0.360 e. The maximum absolute atomic E-state index is 12.4. The van der Waals surface area contributed by atoms with Crippen molar-refractivity contribution in [1.29, 1.82) is 0 Å². The van der Waals surface area contributed by atoms with E-state index >= 15 is 0 Å². The molecule has 0 saturated heterocycles. The van der Waals surface area contributed by atoms with Crippen molar-refractivity contribution in [3.8, 4) is 0 Å². The third-order valence-electron chi connectivity index (χ3n) is 3.73. The van der Waals surface area contributed by atoms with Gasteiger partial charge in [0.15, 0.2) is 17.6 Å². The van der Waals surface area contributed by atoms with Gasteiger partial charge in [0.1, 0.15) is 5.76 Å². The predicted octanol–water partition coefficient (Wildman–Crippen LogP) is 2.22. The molecule has 0 bridgehead atoms. The maximum atomic E-state index is 12.4. The van der Waals surface area contributed by atoms with Crippen molar-refractivity contribution in [1.82, 2.24) is 15.5 Å². The molecule has 8 heteroatoms. The molecule has 3 aromatic rings. The van der Waals surface area contributed by atoms with Crippen molar-refractivity contribution in [3.05, 3.63) is 53.6 Å². The number of nitrogens with one attached hydrogen (secondary N) is 2. The molecule has 0 unspecified atom stereocenters. The number of aromatic nitrogens is 2. The van der Waals surface area contributed by atoms with Crippen LogP contribution in [0.25, 0.3) is 10.9 Å². The summed E-state index contributed by atoms with van der Waals surface area (Å²) >= 11 is 0. The molecule has 8 nitrogen and oxygen atoms in total. The second kappa shape index (κ2) is 7.22. The molecule has 2 N–H and O–H groups in total. The number of hydrogen-bond acceptors (Lipinski definition) is 6. The molecule has 0 aliphatic carbocycles. The molecule has 0 saturated carbocycles. The molecule has 0 spiro atoms. The van der Waals surface area contributed by atoms with Crippen LogP contribution in [0.5, 0.6) is 0 Å². The van der Waals surface area contributed by atoms with Crippen molar-refractivity contribution in [3.63, 3.8) is 0 Å². The summed E-state index contributed by atoms with van der Waals surface area (Å²) in [5.74, 6) is -0.902. The first-order chi connectivity index (χ1) is 12.5. The van der Waals surface area contributed by atoms with Crippen LogP contribution in [0.3, 0.4) is 0 Å². The molecule has 2 heterocycles. The minimum atomic E-state index is -1.04. The second-order valence-electron chi connectivity index (χ2n) is 5.71. The van der Waals surface area contributed by atoms with E-state index in [4.69, 9.17) is 9.15 Å². The Morgan fingerprint density at radius 1 is 1.23 bits per heavy atom. The van der Waals surface area contributed by atoms with Gasteiger partial charge in [0.05, 0.1) is 12.1 Å². The summed E-state index contributed by atoms with van der Waals surface area (Å²) in [6.45, 7) is 3.02. The normalized spacial score (nSPS) is 11.9. The number of benzene rings is 1. The van der Waals surface area contributed by atoms with E-state index in [1.807, 2.05) is 6.07 Å². The first kappa shape index (κ1) is 17.4. The lowest BCUT2D eigenvalue weighted by atomic mass is 10.2. The predicted molar refractivity (Wildman–Crippen MR) is 91.5 cm³/mol. The van der Waals surface area contributed by atoms with Gasteiger partial charge in [-0.1, -0.05) is 18.2 Å². The summed E-state index contributed by atoms with van der Waals surface area (Å²) in [4.78, 5) is 35.6. The summed E-state index contributed by atoms with van der Waals surface area (Å²) in [5, 5.41) is 9.88. The summed E-state index contributed by atoms with van der Waals surface area (Å²) in [6, 6.07) is 10.2. The van der Waals surface area contributed by atoms with Crippen LogP contribution in [-0.2, 0) is 16.1 Å².